The van der Waals surface area contributed by atoms with E-state index in [4.69, 9.17) is 25.7 Å². The third kappa shape index (κ3) is 6.58. The Hall–Kier alpha value is -3.06. The van der Waals surface area contributed by atoms with Crippen molar-refractivity contribution < 1.29 is 28.2 Å². The maximum absolute atomic E-state index is 14.8. The average Bonchev–Trinajstić information content (AvgIpc) is 3.41. The Morgan fingerprint density at radius 1 is 1.31 bits per heavy atom. The number of rotatable bonds is 12. The van der Waals surface area contributed by atoms with Crippen molar-refractivity contribution in [3.05, 3.63) is 16.7 Å². The summed E-state index contributed by atoms with van der Waals surface area (Å²) in [5, 5.41) is 0. The van der Waals surface area contributed by atoms with Gasteiger partial charge in [0.25, 0.3) is 5.56 Å². The third-order valence-corrected chi connectivity index (χ3v) is 6.14. The first-order valence-electron chi connectivity index (χ1n) is 12.3. The molecule has 2 aromatic rings. The van der Waals surface area contributed by atoms with E-state index in [1.54, 1.807) is 13.8 Å². The highest BCUT2D eigenvalue weighted by Gasteiger charge is 2.39. The van der Waals surface area contributed by atoms with Gasteiger partial charge in [0.2, 0.25) is 5.95 Å². The molecule has 0 amide bonds. The minimum absolute atomic E-state index is 0.0467. The molecule has 1 saturated heterocycles. The molecule has 5 N–H and O–H groups in total. The largest absolute Gasteiger partial charge is 0.460 e. The van der Waals surface area contributed by atoms with Crippen LogP contribution in [-0.2, 0) is 23.8 Å². The first kappa shape index (κ1) is 27.5. The second-order valence-corrected chi connectivity index (χ2v) is 9.33. The van der Waals surface area contributed by atoms with E-state index in [0.717, 1.165) is 19.3 Å². The monoisotopic (exact) mass is 510 g/mol. The molecule has 12 nitrogen and oxygen atoms in total. The lowest BCUT2D eigenvalue weighted by molar-refractivity contribution is -0.172. The number of esters is 2. The summed E-state index contributed by atoms with van der Waals surface area (Å²) in [6, 6.07) is -0.870. The number of aromatic amines is 1. The van der Waals surface area contributed by atoms with Gasteiger partial charge in [-0.25, -0.2) is 14.2 Å². The number of unbranched alkanes of at least 4 members (excludes halogenated alkanes) is 3. The van der Waals surface area contributed by atoms with Gasteiger partial charge in [-0.3, -0.25) is 19.1 Å². The fourth-order valence-electron chi connectivity index (χ4n) is 3.89. The van der Waals surface area contributed by atoms with Crippen LogP contribution < -0.4 is 17.0 Å². The zero-order chi connectivity index (χ0) is 26.4. The molecule has 0 aliphatic carbocycles. The normalized spacial score (nSPS) is 21.6. The summed E-state index contributed by atoms with van der Waals surface area (Å²) >= 11 is 0. The highest BCUT2D eigenvalue weighted by molar-refractivity contribution is 5.82. The number of imidazole rings is 1. The van der Waals surface area contributed by atoms with Crippen molar-refractivity contribution in [1.29, 1.82) is 0 Å². The minimum atomic E-state index is -1.46. The standard InChI is InChI=1S/C23H35FN6O6/c1-4-5-6-7-8-14(36-22(33)17(25)12(2)3)21(32)34-10-15-13(24)9-16(35-15)30-11-27-18-19(30)28-23(26)29-20(18)31/h11-17H,4-10,25H2,1-3H3,(H3,26,28,29,31)/t13?,14?,15-,16-,17+/m1/s1. The summed E-state index contributed by atoms with van der Waals surface area (Å²) in [6.45, 7) is 5.24. The van der Waals surface area contributed by atoms with Crippen molar-refractivity contribution in [2.24, 2.45) is 11.7 Å². The number of nitrogen functional groups attached to an aromatic ring is 1. The van der Waals surface area contributed by atoms with Crippen LogP contribution in [0.4, 0.5) is 10.3 Å². The van der Waals surface area contributed by atoms with Crippen LogP contribution in [0, 0.1) is 5.92 Å². The first-order valence-corrected chi connectivity index (χ1v) is 12.3. The van der Waals surface area contributed by atoms with Crippen LogP contribution in [0.25, 0.3) is 11.2 Å². The molecule has 2 aromatic heterocycles. The number of ether oxygens (including phenoxy) is 3. The lowest BCUT2D eigenvalue weighted by Gasteiger charge is -2.22. The van der Waals surface area contributed by atoms with Gasteiger partial charge in [0, 0.05) is 6.42 Å². The number of H-pyrrole nitrogens is 1. The van der Waals surface area contributed by atoms with Crippen molar-refractivity contribution in [3.63, 3.8) is 0 Å². The van der Waals surface area contributed by atoms with Gasteiger partial charge in [-0.15, -0.1) is 0 Å². The van der Waals surface area contributed by atoms with Crippen LogP contribution in [0.1, 0.15) is 65.5 Å². The van der Waals surface area contributed by atoms with Crippen LogP contribution >= 0.6 is 0 Å². The molecule has 1 aliphatic rings. The van der Waals surface area contributed by atoms with Crippen molar-refractivity contribution in [3.8, 4) is 0 Å². The minimum Gasteiger partial charge on any atom is -0.460 e. The van der Waals surface area contributed by atoms with E-state index in [1.165, 1.54) is 10.9 Å². The first-order chi connectivity index (χ1) is 17.1. The Labute approximate surface area is 207 Å². The van der Waals surface area contributed by atoms with Crippen LogP contribution in [-0.4, -0.2) is 62.5 Å². The number of hydrogen-bond acceptors (Lipinski definition) is 10. The van der Waals surface area contributed by atoms with Gasteiger partial charge in [0.1, 0.15) is 31.2 Å². The van der Waals surface area contributed by atoms with Crippen molar-refractivity contribution >= 4 is 29.1 Å². The van der Waals surface area contributed by atoms with Gasteiger partial charge in [0.15, 0.2) is 17.3 Å². The lowest BCUT2D eigenvalue weighted by atomic mass is 10.1. The molecule has 13 heteroatoms. The number of nitrogens with two attached hydrogens (primary N) is 2. The zero-order valence-electron chi connectivity index (χ0n) is 20.8. The van der Waals surface area contributed by atoms with Crippen LogP contribution in [0.2, 0.25) is 0 Å². The Morgan fingerprint density at radius 3 is 2.75 bits per heavy atom. The molecule has 0 radical (unpaired) electrons. The molecule has 36 heavy (non-hydrogen) atoms. The molecular formula is C23H35FN6O6. The SMILES string of the molecule is CCCCCCC(OC(=O)[C@@H](N)C(C)C)C(=O)OC[C@H]1O[C@@H](n2cnc3c(=O)[nH]c(N)nc32)CC1F. The molecule has 1 fully saturated rings. The van der Waals surface area contributed by atoms with E-state index in [9.17, 15) is 18.8 Å². The topological polar surface area (TPSA) is 177 Å². The van der Waals surface area contributed by atoms with Crippen LogP contribution in [0.5, 0.6) is 0 Å². The summed E-state index contributed by atoms with van der Waals surface area (Å²) in [7, 11) is 0. The van der Waals surface area contributed by atoms with Crippen molar-refractivity contribution in [1.82, 2.24) is 19.5 Å². The van der Waals surface area contributed by atoms with E-state index in [0.29, 0.717) is 6.42 Å². The summed E-state index contributed by atoms with van der Waals surface area (Å²) < 4.78 is 32.6. The molecule has 1 aliphatic heterocycles. The van der Waals surface area contributed by atoms with E-state index in [2.05, 4.69) is 21.9 Å². The number of hydrogen-bond donors (Lipinski definition) is 3. The highest BCUT2D eigenvalue weighted by Crippen LogP contribution is 2.32. The molecule has 2 unspecified atom stereocenters. The van der Waals surface area contributed by atoms with E-state index in [-0.39, 0.29) is 42.5 Å². The smallest absolute Gasteiger partial charge is 0.347 e. The van der Waals surface area contributed by atoms with Gasteiger partial charge in [-0.05, 0) is 18.8 Å². The van der Waals surface area contributed by atoms with E-state index < -0.39 is 48.1 Å². The van der Waals surface area contributed by atoms with Gasteiger partial charge in [-0.1, -0.05) is 40.0 Å². The Morgan fingerprint density at radius 2 is 2.06 bits per heavy atom. The van der Waals surface area contributed by atoms with Gasteiger partial charge in [0.05, 0.1) is 6.33 Å². The Balaban J connectivity index is 1.62. The number of nitrogens with zero attached hydrogens (tertiary/aromatic N) is 3. The van der Waals surface area contributed by atoms with Gasteiger partial charge < -0.3 is 25.7 Å². The second-order valence-electron chi connectivity index (χ2n) is 9.33. The molecule has 200 valence electrons. The number of nitrogens with one attached hydrogen (secondary N) is 1. The molecule has 3 rings (SSSR count). The fraction of sp³-hybridized carbons (Fsp3) is 0.696. The second kappa shape index (κ2) is 12.3. The Kier molecular flexibility index (Phi) is 9.37. The van der Waals surface area contributed by atoms with Gasteiger partial charge in [-0.2, -0.15) is 4.98 Å². The van der Waals surface area contributed by atoms with Gasteiger partial charge >= 0.3 is 11.9 Å². The summed E-state index contributed by atoms with van der Waals surface area (Å²) in [5.41, 5.74) is 11.2. The quantitative estimate of drug-likeness (QED) is 0.281. The zero-order valence-corrected chi connectivity index (χ0v) is 20.8. The number of fused-ring (bicyclic) bond motifs is 1. The number of anilines is 1. The predicted molar refractivity (Wildman–Crippen MR) is 128 cm³/mol. The molecular weight excluding hydrogens is 475 g/mol. The Bertz CT molecular complexity index is 1100. The van der Waals surface area contributed by atoms with E-state index in [1.807, 2.05) is 0 Å². The predicted octanol–water partition coefficient (Wildman–Crippen LogP) is 1.74. The maximum atomic E-state index is 14.8. The number of aromatic nitrogens is 4. The molecule has 3 heterocycles. The van der Waals surface area contributed by atoms with Crippen molar-refractivity contribution in [2.75, 3.05) is 12.3 Å². The van der Waals surface area contributed by atoms with E-state index >= 15 is 0 Å². The summed E-state index contributed by atoms with van der Waals surface area (Å²) in [4.78, 5) is 47.5. The maximum Gasteiger partial charge on any atom is 0.347 e. The lowest BCUT2D eigenvalue weighted by Crippen LogP contribution is -2.41. The molecule has 0 spiro atoms. The number of carbonyl (C=O) groups excluding carboxylic acids is 2. The summed E-state index contributed by atoms with van der Waals surface area (Å²) in [5.74, 6) is -1.72. The molecule has 0 saturated carbocycles. The number of carbonyl (C=O) groups is 2. The molecule has 5 atom stereocenters. The van der Waals surface area contributed by atoms with Crippen LogP contribution in [0.3, 0.4) is 0 Å². The van der Waals surface area contributed by atoms with Crippen molar-refractivity contribution in [2.45, 2.75) is 89.9 Å². The fourth-order valence-corrected chi connectivity index (χ4v) is 3.89. The third-order valence-electron chi connectivity index (χ3n) is 6.14. The number of alkyl halides is 1. The molecule has 0 bridgehead atoms. The average molecular weight is 511 g/mol. The summed E-state index contributed by atoms with van der Waals surface area (Å²) in [6.07, 6.45) is 0.576. The van der Waals surface area contributed by atoms with Crippen LogP contribution in [0.15, 0.2) is 11.1 Å². The highest BCUT2D eigenvalue weighted by atomic mass is 19.1. The number of halogens is 1. The molecule has 0 aromatic carbocycles.